The summed E-state index contributed by atoms with van der Waals surface area (Å²) in [6.45, 7) is 5.50. The summed E-state index contributed by atoms with van der Waals surface area (Å²) in [5.41, 5.74) is -1.66. The summed E-state index contributed by atoms with van der Waals surface area (Å²) in [7, 11) is 1.33. The minimum Gasteiger partial charge on any atom is -0.339 e. The van der Waals surface area contributed by atoms with E-state index in [9.17, 15) is 35.9 Å². The summed E-state index contributed by atoms with van der Waals surface area (Å²) in [5.74, 6) is -0.0935. The minimum atomic E-state index is -5.00. The van der Waals surface area contributed by atoms with E-state index in [1.54, 1.807) is 30.3 Å². The molecule has 202 valence electrons. The molecule has 37 heavy (non-hydrogen) atoms. The molecule has 12 heteroatoms. The average Bonchev–Trinajstić information content (AvgIpc) is 2.85. The van der Waals surface area contributed by atoms with Crippen LogP contribution in [0.1, 0.15) is 60.2 Å². The molecule has 3 amide bonds. The number of halogens is 6. The van der Waals surface area contributed by atoms with Crippen molar-refractivity contribution in [3.8, 4) is 0 Å². The third-order valence-electron chi connectivity index (χ3n) is 6.69. The van der Waals surface area contributed by atoms with Gasteiger partial charge in [-0.2, -0.15) is 26.3 Å². The van der Waals surface area contributed by atoms with Crippen LogP contribution in [0.5, 0.6) is 0 Å². The van der Waals surface area contributed by atoms with Gasteiger partial charge in [-0.25, -0.2) is 4.79 Å². The van der Waals surface area contributed by atoms with Crippen molar-refractivity contribution < 1.29 is 35.9 Å². The maximum absolute atomic E-state index is 13.6. The van der Waals surface area contributed by atoms with Crippen molar-refractivity contribution in [2.45, 2.75) is 51.6 Å². The number of aromatic nitrogens is 1. The van der Waals surface area contributed by atoms with Gasteiger partial charge in [0.2, 0.25) is 5.91 Å². The van der Waals surface area contributed by atoms with Gasteiger partial charge >= 0.3 is 18.4 Å². The molecule has 3 rings (SSSR count). The highest BCUT2D eigenvalue weighted by Gasteiger charge is 2.39. The van der Waals surface area contributed by atoms with Gasteiger partial charge in [0.15, 0.2) is 0 Å². The number of aryl methyl sites for hydroxylation is 1. The second-order valence-corrected chi connectivity index (χ2v) is 9.04. The van der Waals surface area contributed by atoms with E-state index in [-0.39, 0.29) is 43.6 Å². The average molecular weight is 531 g/mol. The van der Waals surface area contributed by atoms with Gasteiger partial charge in [0.1, 0.15) is 0 Å². The predicted molar refractivity (Wildman–Crippen MR) is 123 cm³/mol. The third-order valence-corrected chi connectivity index (χ3v) is 6.69. The van der Waals surface area contributed by atoms with Gasteiger partial charge in [-0.3, -0.25) is 9.78 Å². The number of hydrogen-bond donors (Lipinski definition) is 0. The van der Waals surface area contributed by atoms with Crippen LogP contribution in [0.3, 0.4) is 0 Å². The summed E-state index contributed by atoms with van der Waals surface area (Å²) < 4.78 is 80.2. The predicted octanol–water partition coefficient (Wildman–Crippen LogP) is 5.84. The van der Waals surface area contributed by atoms with Crippen LogP contribution in [0.25, 0.3) is 0 Å². The molecule has 2 aromatic rings. The largest absolute Gasteiger partial charge is 0.416 e. The van der Waals surface area contributed by atoms with Crippen molar-refractivity contribution in [3.63, 3.8) is 0 Å². The molecule has 0 saturated carbocycles. The molecule has 0 spiro atoms. The maximum Gasteiger partial charge on any atom is 0.416 e. The number of benzene rings is 1. The SMILES string of the molecule is CCC(=O)N1CCN(C(=O)N(C)C(C)c2cc(C(F)(F)F)cc(C(F)(F)F)c2)C(c2cnccc2C)C1. The molecule has 0 bridgehead atoms. The number of carbonyl (C=O) groups is 2. The van der Waals surface area contributed by atoms with Crippen LogP contribution in [-0.4, -0.2) is 58.3 Å². The normalized spacial score (nSPS) is 17.5. The van der Waals surface area contributed by atoms with Gasteiger partial charge in [-0.05, 0) is 54.8 Å². The summed E-state index contributed by atoms with van der Waals surface area (Å²) in [5, 5.41) is 0. The van der Waals surface area contributed by atoms with Gasteiger partial charge in [0.25, 0.3) is 0 Å². The van der Waals surface area contributed by atoms with Crippen molar-refractivity contribution in [3.05, 3.63) is 64.5 Å². The van der Waals surface area contributed by atoms with Crippen LogP contribution in [0.2, 0.25) is 0 Å². The van der Waals surface area contributed by atoms with Gasteiger partial charge in [-0.1, -0.05) is 6.92 Å². The van der Waals surface area contributed by atoms with E-state index in [0.717, 1.165) is 10.5 Å². The molecular weight excluding hydrogens is 502 g/mol. The van der Waals surface area contributed by atoms with E-state index in [1.165, 1.54) is 18.9 Å². The molecule has 6 nitrogen and oxygen atoms in total. The van der Waals surface area contributed by atoms with Crippen LogP contribution in [-0.2, 0) is 17.1 Å². The van der Waals surface area contributed by atoms with Crippen molar-refractivity contribution in [1.82, 2.24) is 19.7 Å². The molecule has 1 aliphatic heterocycles. The fraction of sp³-hybridized carbons (Fsp3) is 0.480. The Hall–Kier alpha value is -3.31. The summed E-state index contributed by atoms with van der Waals surface area (Å²) in [6, 6.07) is 0.786. The highest BCUT2D eigenvalue weighted by molar-refractivity contribution is 5.78. The Labute approximate surface area is 210 Å². The van der Waals surface area contributed by atoms with Crippen LogP contribution < -0.4 is 0 Å². The molecule has 0 radical (unpaired) electrons. The number of alkyl halides is 6. The van der Waals surface area contributed by atoms with E-state index in [2.05, 4.69) is 4.98 Å². The zero-order valence-corrected chi connectivity index (χ0v) is 20.8. The molecule has 1 saturated heterocycles. The Balaban J connectivity index is 1.96. The number of hydrogen-bond acceptors (Lipinski definition) is 3. The maximum atomic E-state index is 13.6. The van der Waals surface area contributed by atoms with Crippen molar-refractivity contribution in [1.29, 1.82) is 0 Å². The lowest BCUT2D eigenvalue weighted by molar-refractivity contribution is -0.143. The van der Waals surface area contributed by atoms with Crippen molar-refractivity contribution >= 4 is 11.9 Å². The molecular formula is C25H28F6N4O2. The number of carbonyl (C=O) groups excluding carboxylic acids is 2. The van der Waals surface area contributed by atoms with E-state index < -0.39 is 41.6 Å². The topological polar surface area (TPSA) is 56.8 Å². The Morgan fingerprint density at radius 1 is 1.08 bits per heavy atom. The summed E-state index contributed by atoms with van der Waals surface area (Å²) in [4.78, 5) is 34.3. The van der Waals surface area contributed by atoms with Gasteiger partial charge < -0.3 is 14.7 Å². The van der Waals surface area contributed by atoms with E-state index in [4.69, 9.17) is 0 Å². The Morgan fingerprint density at radius 2 is 1.68 bits per heavy atom. The highest BCUT2D eigenvalue weighted by Crippen LogP contribution is 2.38. The second-order valence-electron chi connectivity index (χ2n) is 9.04. The first-order valence-electron chi connectivity index (χ1n) is 11.7. The number of pyridine rings is 1. The minimum absolute atomic E-state index is 0.0587. The Morgan fingerprint density at radius 3 is 2.19 bits per heavy atom. The van der Waals surface area contributed by atoms with E-state index in [0.29, 0.717) is 17.7 Å². The van der Waals surface area contributed by atoms with Gasteiger partial charge in [0.05, 0.1) is 23.2 Å². The summed E-state index contributed by atoms with van der Waals surface area (Å²) in [6.07, 6.45) is -6.54. The zero-order chi connectivity index (χ0) is 27.7. The van der Waals surface area contributed by atoms with E-state index in [1.807, 2.05) is 6.92 Å². The second kappa shape index (κ2) is 10.6. The highest BCUT2D eigenvalue weighted by atomic mass is 19.4. The number of nitrogens with zero attached hydrogens (tertiary/aromatic N) is 4. The monoisotopic (exact) mass is 530 g/mol. The van der Waals surface area contributed by atoms with Crippen molar-refractivity contribution in [2.24, 2.45) is 0 Å². The molecule has 0 N–H and O–H groups in total. The molecule has 1 fully saturated rings. The quantitative estimate of drug-likeness (QED) is 0.467. The molecule has 2 unspecified atom stereocenters. The Kier molecular flexibility index (Phi) is 8.09. The lowest BCUT2D eigenvalue weighted by Gasteiger charge is -2.44. The fourth-order valence-corrected chi connectivity index (χ4v) is 4.37. The zero-order valence-electron chi connectivity index (χ0n) is 20.8. The first-order valence-corrected chi connectivity index (χ1v) is 11.7. The van der Waals surface area contributed by atoms with Crippen molar-refractivity contribution in [2.75, 3.05) is 26.7 Å². The van der Waals surface area contributed by atoms with Gasteiger partial charge in [0, 0.05) is 45.5 Å². The summed E-state index contributed by atoms with van der Waals surface area (Å²) >= 11 is 0. The van der Waals surface area contributed by atoms with Gasteiger partial charge in [-0.15, -0.1) is 0 Å². The molecule has 2 heterocycles. The fourth-order valence-electron chi connectivity index (χ4n) is 4.37. The molecule has 1 aromatic carbocycles. The smallest absolute Gasteiger partial charge is 0.339 e. The first-order chi connectivity index (χ1) is 17.1. The lowest BCUT2D eigenvalue weighted by atomic mass is 9.98. The van der Waals surface area contributed by atoms with Crippen LogP contribution in [0.15, 0.2) is 36.7 Å². The Bertz CT molecular complexity index is 1120. The van der Waals surface area contributed by atoms with Crippen LogP contribution >= 0.6 is 0 Å². The molecule has 1 aliphatic rings. The first kappa shape index (κ1) is 28.3. The lowest BCUT2D eigenvalue weighted by Crippen LogP contribution is -2.55. The number of urea groups is 1. The molecule has 1 aromatic heterocycles. The third kappa shape index (κ3) is 6.16. The standard InChI is InChI=1S/C25H28F6N4O2/c1-5-22(36)34-8-9-35(21(14-34)20-13-32-7-6-15(20)2)23(37)33(4)16(3)17-10-18(24(26,27)28)12-19(11-17)25(29,30)31/h6-7,10-13,16,21H,5,8-9,14H2,1-4H3. The number of amides is 3. The van der Waals surface area contributed by atoms with Crippen LogP contribution in [0.4, 0.5) is 31.1 Å². The molecule has 0 aliphatic carbocycles. The number of rotatable bonds is 4. The number of piperazine rings is 1. The van der Waals surface area contributed by atoms with E-state index >= 15 is 0 Å². The van der Waals surface area contributed by atoms with Crippen LogP contribution in [0, 0.1) is 6.92 Å². The molecule has 2 atom stereocenters.